The summed E-state index contributed by atoms with van der Waals surface area (Å²) in [6.45, 7) is 16.7. The van der Waals surface area contributed by atoms with E-state index in [0.29, 0.717) is 18.4 Å². The second kappa shape index (κ2) is 22.2. The molecule has 2 unspecified atom stereocenters. The van der Waals surface area contributed by atoms with Gasteiger partial charge in [0.25, 0.3) is 0 Å². The normalized spacial score (nSPS) is 35.0. The molecule has 3 aliphatic heterocycles. The van der Waals surface area contributed by atoms with E-state index >= 15 is 0 Å². The zero-order chi connectivity index (χ0) is 47.0. The standard InChI is InChI=1S/C48H67F3N2O10/c1-12-15-36-30(7)38(62-45(57)33-18-20-34(21-19-33)47(52-53-47)48(49,50)51)25-39(61-36)31(8)43(56)32(9)44-37(59-10)17-14-16-26(3)22-28(5)41(54)35(13-2)42(55)29(6)23-27(4)24-40(60-11)46(58)63-44/h12,14-21,23-24,28-32,35-39,41-44,54-56H,13,22,25H2,1-11H3/b15-12+,17-14?,26-16+,27-23+,40-24-/t28-,29-,30-,31-,32+,35?,36-,37+,38-,39-,41+,42-,43+,44?/m1/s1/i45+2. The number of cyclic esters (lactones) is 1. The maximum Gasteiger partial charge on any atom is 0.442 e. The molecule has 3 heterocycles. The number of rotatable bonds is 11. The smallest absolute Gasteiger partial charge is 0.442 e. The lowest BCUT2D eigenvalue weighted by atomic mass is 9.79. The Balaban J connectivity index is 1.62. The van der Waals surface area contributed by atoms with E-state index in [1.807, 2.05) is 65.8 Å². The molecule has 3 aliphatic rings. The molecule has 63 heavy (non-hydrogen) atoms. The van der Waals surface area contributed by atoms with Crippen LogP contribution in [0.25, 0.3) is 0 Å². The number of aliphatic hydroxyl groups is 3. The molecule has 0 amide bonds. The zero-order valence-corrected chi connectivity index (χ0v) is 38.3. The lowest BCUT2D eigenvalue weighted by molar-refractivity contribution is -0.171. The first-order valence-corrected chi connectivity index (χ1v) is 21.8. The van der Waals surface area contributed by atoms with Crippen molar-refractivity contribution in [1.29, 1.82) is 0 Å². The van der Waals surface area contributed by atoms with Gasteiger partial charge in [0.1, 0.15) is 18.3 Å². The van der Waals surface area contributed by atoms with Crippen LogP contribution < -0.4 is 0 Å². The number of methoxy groups -OCH3 is 2. The number of alkyl halides is 3. The van der Waals surface area contributed by atoms with Gasteiger partial charge in [0.2, 0.25) is 5.76 Å². The van der Waals surface area contributed by atoms with Gasteiger partial charge >= 0.3 is 23.8 Å². The van der Waals surface area contributed by atoms with E-state index in [4.69, 9.17) is 23.7 Å². The van der Waals surface area contributed by atoms with Crippen molar-refractivity contribution in [1.82, 2.24) is 0 Å². The predicted molar refractivity (Wildman–Crippen MR) is 231 cm³/mol. The van der Waals surface area contributed by atoms with Gasteiger partial charge < -0.3 is 39.0 Å². The third-order valence-electron chi connectivity index (χ3n) is 12.9. The van der Waals surface area contributed by atoms with Gasteiger partial charge in [-0.25, -0.2) is 9.59 Å². The molecule has 0 aliphatic carbocycles. The van der Waals surface area contributed by atoms with Crippen LogP contribution >= 0.6 is 0 Å². The number of hydrogen-bond donors (Lipinski definition) is 3. The fraction of sp³-hybridized carbons (Fsp3) is 0.625. The van der Waals surface area contributed by atoms with E-state index < -0.39 is 84.4 Å². The van der Waals surface area contributed by atoms with Gasteiger partial charge in [0.05, 0.1) is 43.2 Å². The van der Waals surface area contributed by atoms with Crippen LogP contribution in [-0.2, 0) is 34.1 Å². The van der Waals surface area contributed by atoms with Crippen molar-refractivity contribution in [3.63, 3.8) is 0 Å². The second-order valence-corrected chi connectivity index (χ2v) is 17.5. The summed E-state index contributed by atoms with van der Waals surface area (Å²) in [4.78, 5) is 27.4. The van der Waals surface area contributed by atoms with E-state index in [2.05, 4.69) is 10.2 Å². The van der Waals surface area contributed by atoms with Gasteiger partial charge in [-0.05, 0) is 57.7 Å². The van der Waals surface area contributed by atoms with Gasteiger partial charge in [0.15, 0.2) is 0 Å². The lowest BCUT2D eigenvalue weighted by Crippen LogP contribution is -2.51. The topological polar surface area (TPSA) is 166 Å². The second-order valence-electron chi connectivity index (χ2n) is 17.5. The molecule has 1 saturated heterocycles. The highest BCUT2D eigenvalue weighted by Gasteiger charge is 2.65. The molecular weight excluding hydrogens is 824 g/mol. The number of ether oxygens (including phenoxy) is 5. The van der Waals surface area contributed by atoms with E-state index in [0.717, 1.165) is 17.7 Å². The van der Waals surface area contributed by atoms with Crippen LogP contribution in [-0.4, -0.2) is 96.5 Å². The summed E-state index contributed by atoms with van der Waals surface area (Å²) < 4.78 is 70.8. The van der Waals surface area contributed by atoms with Crippen molar-refractivity contribution in [2.45, 2.75) is 142 Å². The molecule has 14 atom stereocenters. The van der Waals surface area contributed by atoms with Crippen LogP contribution in [0, 0.1) is 35.5 Å². The van der Waals surface area contributed by atoms with E-state index in [1.54, 1.807) is 32.9 Å². The number of nitrogens with zero attached hydrogens (tertiary/aromatic N) is 2. The summed E-state index contributed by atoms with van der Waals surface area (Å²) in [5.41, 5.74) is -1.18. The molecule has 1 aromatic rings. The lowest BCUT2D eigenvalue weighted by Gasteiger charge is -2.43. The number of hydrogen-bond acceptors (Lipinski definition) is 12. The van der Waals surface area contributed by atoms with Gasteiger partial charge in [0, 0.05) is 48.7 Å². The highest BCUT2D eigenvalue weighted by molar-refractivity contribution is 5.89. The van der Waals surface area contributed by atoms with Crippen LogP contribution in [0.15, 0.2) is 93.9 Å². The van der Waals surface area contributed by atoms with Crippen molar-refractivity contribution in [2.24, 2.45) is 45.7 Å². The number of carbonyl (C=O) groups is 2. The first-order valence-electron chi connectivity index (χ1n) is 21.8. The Morgan fingerprint density at radius 1 is 1.05 bits per heavy atom. The molecule has 350 valence electrons. The number of carbonyl (C=O) groups excluding carboxylic acids is 2. The minimum Gasteiger partial charge on any atom is -0.490 e. The van der Waals surface area contributed by atoms with Gasteiger partial charge in [-0.3, -0.25) is 0 Å². The molecule has 0 aromatic heterocycles. The van der Waals surface area contributed by atoms with E-state index in [-0.39, 0.29) is 47.0 Å². The summed E-state index contributed by atoms with van der Waals surface area (Å²) in [7, 11) is 2.82. The molecule has 1 fully saturated rings. The minimum atomic E-state index is -4.71. The maximum atomic E-state index is 13.9. The van der Waals surface area contributed by atoms with Crippen LogP contribution in [0.5, 0.6) is 0 Å². The Bertz CT molecular complexity index is 1890. The molecule has 0 spiro atoms. The molecule has 3 N–H and O–H groups in total. The number of esters is 2. The summed E-state index contributed by atoms with van der Waals surface area (Å²) in [6.07, 6.45) is 2.43. The largest absolute Gasteiger partial charge is 0.490 e. The van der Waals surface area contributed by atoms with Crippen molar-refractivity contribution < 1.29 is 61.8 Å². The number of halogens is 3. The highest BCUT2D eigenvalue weighted by Crippen LogP contribution is 2.52. The molecule has 15 heteroatoms. The molecular formula is C48H67F3N2O10. The van der Waals surface area contributed by atoms with Crippen molar-refractivity contribution in [2.75, 3.05) is 14.2 Å². The molecule has 4 rings (SSSR count). The third-order valence-corrected chi connectivity index (χ3v) is 12.9. The zero-order valence-electron chi connectivity index (χ0n) is 38.3. The van der Waals surface area contributed by atoms with Gasteiger partial charge in [-0.15, -0.1) is 10.2 Å². The molecule has 12 nitrogen and oxygen atoms in total. The number of benzene rings is 1. The first kappa shape index (κ1) is 51.5. The predicted octanol–water partition coefficient (Wildman–Crippen LogP) is 8.73. The Labute approximate surface area is 370 Å². The Kier molecular flexibility index (Phi) is 18.1. The van der Waals surface area contributed by atoms with E-state index in [1.165, 1.54) is 32.4 Å². The third kappa shape index (κ3) is 12.4. The van der Waals surface area contributed by atoms with Gasteiger partial charge in [-0.2, -0.15) is 13.2 Å². The SMILES string of the molecule is C/C=C/[C@H]1O[C@@H]([C@@H](C)[C@H](O)[C@H](C)C2OC(=O)/C(OC)=C/C(C)=C/[C@@H](C)[C@@H](O)C(CC)[C@@H](O)[C@H](C)C/C(C)=C/C=C[C@@H]2OC)C[C@@H](O[14C](=O)c2ccc(C3(C(F)(F)F)N=N3)cc2)[C@@H]1C. The first-order chi connectivity index (χ1) is 29.6. The summed E-state index contributed by atoms with van der Waals surface area (Å²) in [5, 5.41) is 41.3. The monoisotopic (exact) mass is 890 g/mol. The van der Waals surface area contributed by atoms with Crippen LogP contribution in [0.4, 0.5) is 13.2 Å². The molecule has 0 saturated carbocycles. The number of allylic oxidation sites excluding steroid dienone is 6. The average molecular weight is 891 g/mol. The minimum absolute atomic E-state index is 0.0485. The maximum absolute atomic E-state index is 13.9. The molecule has 0 radical (unpaired) electrons. The van der Waals surface area contributed by atoms with Crippen molar-refractivity contribution in [3.05, 3.63) is 94.8 Å². The fourth-order valence-corrected chi connectivity index (χ4v) is 8.79. The molecule has 0 bridgehead atoms. The highest BCUT2D eigenvalue weighted by atomic mass is 19.4. The summed E-state index contributed by atoms with van der Waals surface area (Å²) in [5.74, 6) is -4.28. The van der Waals surface area contributed by atoms with Crippen LogP contribution in [0.3, 0.4) is 0 Å². The Morgan fingerprint density at radius 3 is 2.25 bits per heavy atom. The average Bonchev–Trinajstić information content (AvgIpc) is 4.07. The van der Waals surface area contributed by atoms with Crippen molar-refractivity contribution >= 4 is 11.9 Å². The van der Waals surface area contributed by atoms with Gasteiger partial charge in [-0.1, -0.05) is 101 Å². The quantitative estimate of drug-likeness (QED) is 0.145. The van der Waals surface area contributed by atoms with Crippen LogP contribution in [0.1, 0.15) is 97.5 Å². The Morgan fingerprint density at radius 2 is 1.70 bits per heavy atom. The fourth-order valence-electron chi connectivity index (χ4n) is 8.79. The number of aliphatic hydroxyl groups excluding tert-OH is 3. The molecule has 1 aromatic carbocycles. The van der Waals surface area contributed by atoms with Crippen LogP contribution in [0.2, 0.25) is 0 Å². The summed E-state index contributed by atoms with van der Waals surface area (Å²) in [6, 6.07) is 4.83. The Hall–Kier alpha value is -4.15. The summed E-state index contributed by atoms with van der Waals surface area (Å²) >= 11 is 0. The van der Waals surface area contributed by atoms with Crippen molar-refractivity contribution in [3.8, 4) is 0 Å². The van der Waals surface area contributed by atoms with E-state index in [9.17, 15) is 38.1 Å².